The summed E-state index contributed by atoms with van der Waals surface area (Å²) in [7, 11) is 3.80. The van der Waals surface area contributed by atoms with Gasteiger partial charge in [0.2, 0.25) is 0 Å². The Kier molecular flexibility index (Phi) is 2.50. The van der Waals surface area contributed by atoms with E-state index in [9.17, 15) is 0 Å². The third-order valence-electron chi connectivity index (χ3n) is 1.86. The van der Waals surface area contributed by atoms with Crippen molar-refractivity contribution in [3.63, 3.8) is 0 Å². The van der Waals surface area contributed by atoms with Gasteiger partial charge < -0.3 is 15.6 Å². The fourth-order valence-electron chi connectivity index (χ4n) is 1.18. The van der Waals surface area contributed by atoms with Gasteiger partial charge in [-0.15, -0.1) is 0 Å². The fraction of sp³-hybridized carbons (Fsp3) is 0.375. The number of nitrogens with two attached hydrogens (primary N) is 1. The average Bonchev–Trinajstić information content (AvgIpc) is 2.34. The minimum absolute atomic E-state index is 0.111. The van der Waals surface area contributed by atoms with Crippen molar-refractivity contribution in [2.24, 2.45) is 12.8 Å². The van der Waals surface area contributed by atoms with E-state index in [0.29, 0.717) is 0 Å². The SMILES string of the molecule is CNCc1ccc(C(=N)N)n1C. The maximum atomic E-state index is 7.26. The topological polar surface area (TPSA) is 66.8 Å². The van der Waals surface area contributed by atoms with E-state index in [1.807, 2.05) is 30.8 Å². The number of hydrogen-bond donors (Lipinski definition) is 3. The van der Waals surface area contributed by atoms with Crippen LogP contribution in [0, 0.1) is 5.41 Å². The normalized spacial score (nSPS) is 10.2. The Bertz CT molecular complexity index is 287. The number of rotatable bonds is 3. The summed E-state index contributed by atoms with van der Waals surface area (Å²) in [5.41, 5.74) is 7.26. The highest BCUT2D eigenvalue weighted by atomic mass is 15.0. The highest BCUT2D eigenvalue weighted by Gasteiger charge is 2.04. The monoisotopic (exact) mass is 166 g/mol. The molecule has 0 aliphatic carbocycles. The molecule has 0 bridgehead atoms. The molecule has 0 aromatic carbocycles. The van der Waals surface area contributed by atoms with Gasteiger partial charge in [0.25, 0.3) is 0 Å². The Morgan fingerprint density at radius 1 is 1.67 bits per heavy atom. The van der Waals surface area contributed by atoms with E-state index in [4.69, 9.17) is 11.1 Å². The van der Waals surface area contributed by atoms with Crippen LogP contribution in [0.3, 0.4) is 0 Å². The van der Waals surface area contributed by atoms with Crippen LogP contribution in [0.25, 0.3) is 0 Å². The Balaban J connectivity index is 2.96. The van der Waals surface area contributed by atoms with Gasteiger partial charge in [0, 0.05) is 19.3 Å². The highest BCUT2D eigenvalue weighted by molar-refractivity contribution is 5.93. The van der Waals surface area contributed by atoms with Gasteiger partial charge in [0.15, 0.2) is 0 Å². The van der Waals surface area contributed by atoms with Gasteiger partial charge in [-0.2, -0.15) is 0 Å². The lowest BCUT2D eigenvalue weighted by atomic mass is 10.4. The molecule has 1 rings (SSSR count). The van der Waals surface area contributed by atoms with E-state index < -0.39 is 0 Å². The zero-order chi connectivity index (χ0) is 9.14. The van der Waals surface area contributed by atoms with Gasteiger partial charge in [0.05, 0.1) is 5.69 Å². The summed E-state index contributed by atoms with van der Waals surface area (Å²) in [5.74, 6) is 0.111. The summed E-state index contributed by atoms with van der Waals surface area (Å²) in [6.07, 6.45) is 0. The molecule has 0 fully saturated rings. The molecule has 12 heavy (non-hydrogen) atoms. The molecule has 0 radical (unpaired) electrons. The van der Waals surface area contributed by atoms with Crippen molar-refractivity contribution in [3.05, 3.63) is 23.5 Å². The zero-order valence-corrected chi connectivity index (χ0v) is 7.39. The average molecular weight is 166 g/mol. The molecule has 0 saturated heterocycles. The molecule has 1 aromatic rings. The number of amidine groups is 1. The lowest BCUT2D eigenvalue weighted by molar-refractivity contribution is 0.731. The van der Waals surface area contributed by atoms with Crippen LogP contribution < -0.4 is 11.1 Å². The first-order valence-corrected chi connectivity index (χ1v) is 3.80. The number of nitrogen functional groups attached to an aromatic ring is 1. The van der Waals surface area contributed by atoms with Crippen molar-refractivity contribution >= 4 is 5.84 Å². The second-order valence-electron chi connectivity index (χ2n) is 2.71. The van der Waals surface area contributed by atoms with E-state index in [1.165, 1.54) is 0 Å². The predicted octanol–water partition coefficient (Wildman–Crippen LogP) is 0.0286. The number of nitrogens with one attached hydrogen (secondary N) is 2. The maximum absolute atomic E-state index is 7.26. The molecule has 1 aromatic heterocycles. The predicted molar refractivity (Wildman–Crippen MR) is 49.2 cm³/mol. The molecule has 4 N–H and O–H groups in total. The van der Waals surface area contributed by atoms with Gasteiger partial charge in [0.1, 0.15) is 5.84 Å². The zero-order valence-electron chi connectivity index (χ0n) is 7.39. The second-order valence-corrected chi connectivity index (χ2v) is 2.71. The van der Waals surface area contributed by atoms with Crippen LogP contribution in [0.4, 0.5) is 0 Å². The largest absolute Gasteiger partial charge is 0.382 e. The molecule has 0 aliphatic rings. The van der Waals surface area contributed by atoms with Crippen molar-refractivity contribution in [3.8, 4) is 0 Å². The summed E-state index contributed by atoms with van der Waals surface area (Å²) in [6.45, 7) is 0.795. The Morgan fingerprint density at radius 3 is 2.75 bits per heavy atom. The van der Waals surface area contributed by atoms with Crippen LogP contribution in [-0.2, 0) is 13.6 Å². The standard InChI is InChI=1S/C8H14N4/c1-11-5-6-3-4-7(8(9)10)12(6)2/h3-4,11H,5H2,1-2H3,(H3,9,10). The van der Waals surface area contributed by atoms with Crippen LogP contribution in [0.1, 0.15) is 11.4 Å². The fourth-order valence-corrected chi connectivity index (χ4v) is 1.18. The Morgan fingerprint density at radius 2 is 2.33 bits per heavy atom. The van der Waals surface area contributed by atoms with Crippen LogP contribution in [0.15, 0.2) is 12.1 Å². The first kappa shape index (κ1) is 8.80. The molecular weight excluding hydrogens is 152 g/mol. The molecule has 1 heterocycles. The molecular formula is C8H14N4. The van der Waals surface area contributed by atoms with Crippen LogP contribution >= 0.6 is 0 Å². The molecule has 0 saturated carbocycles. The maximum Gasteiger partial charge on any atom is 0.139 e. The molecule has 4 nitrogen and oxygen atoms in total. The van der Waals surface area contributed by atoms with Crippen molar-refractivity contribution in [1.82, 2.24) is 9.88 Å². The van der Waals surface area contributed by atoms with Crippen LogP contribution in [0.5, 0.6) is 0 Å². The Labute approximate surface area is 71.9 Å². The van der Waals surface area contributed by atoms with Crippen molar-refractivity contribution in [2.45, 2.75) is 6.54 Å². The van der Waals surface area contributed by atoms with Gasteiger partial charge in [-0.1, -0.05) is 0 Å². The third kappa shape index (κ3) is 1.48. The summed E-state index contributed by atoms with van der Waals surface area (Å²) in [5, 5.41) is 10.3. The number of nitrogens with zero attached hydrogens (tertiary/aromatic N) is 1. The lowest BCUT2D eigenvalue weighted by Crippen LogP contribution is -2.17. The van der Waals surface area contributed by atoms with Crippen LogP contribution in [0.2, 0.25) is 0 Å². The summed E-state index contributed by atoms with van der Waals surface area (Å²) in [6, 6.07) is 3.82. The second kappa shape index (κ2) is 3.40. The van der Waals surface area contributed by atoms with Crippen molar-refractivity contribution < 1.29 is 0 Å². The first-order valence-electron chi connectivity index (χ1n) is 3.80. The van der Waals surface area contributed by atoms with Gasteiger partial charge >= 0.3 is 0 Å². The molecule has 4 heteroatoms. The van der Waals surface area contributed by atoms with E-state index in [2.05, 4.69) is 5.32 Å². The number of hydrogen-bond acceptors (Lipinski definition) is 2. The highest BCUT2D eigenvalue weighted by Crippen LogP contribution is 2.05. The quantitative estimate of drug-likeness (QED) is 0.438. The van der Waals surface area contributed by atoms with E-state index in [1.54, 1.807) is 0 Å². The molecule has 0 amide bonds. The van der Waals surface area contributed by atoms with Crippen molar-refractivity contribution in [2.75, 3.05) is 7.05 Å². The van der Waals surface area contributed by atoms with Crippen LogP contribution in [-0.4, -0.2) is 17.5 Å². The summed E-state index contributed by atoms with van der Waals surface area (Å²) in [4.78, 5) is 0. The molecule has 0 unspecified atom stereocenters. The van der Waals surface area contributed by atoms with Gasteiger partial charge in [-0.25, -0.2) is 0 Å². The minimum Gasteiger partial charge on any atom is -0.382 e. The van der Waals surface area contributed by atoms with Gasteiger partial charge in [-0.05, 0) is 19.2 Å². The summed E-state index contributed by atoms with van der Waals surface area (Å²) < 4.78 is 1.92. The van der Waals surface area contributed by atoms with E-state index >= 15 is 0 Å². The van der Waals surface area contributed by atoms with Gasteiger partial charge in [-0.3, -0.25) is 5.41 Å². The lowest BCUT2D eigenvalue weighted by Gasteiger charge is -2.05. The summed E-state index contributed by atoms with van der Waals surface area (Å²) >= 11 is 0. The van der Waals surface area contributed by atoms with Crippen molar-refractivity contribution in [1.29, 1.82) is 5.41 Å². The van der Waals surface area contributed by atoms with E-state index in [-0.39, 0.29) is 5.84 Å². The minimum atomic E-state index is 0.111. The molecule has 66 valence electrons. The third-order valence-corrected chi connectivity index (χ3v) is 1.86. The molecule has 0 spiro atoms. The van der Waals surface area contributed by atoms with E-state index in [0.717, 1.165) is 17.9 Å². The smallest absolute Gasteiger partial charge is 0.139 e. The Hall–Kier alpha value is -1.29. The molecule has 0 atom stereocenters. The number of aromatic nitrogens is 1. The first-order chi connectivity index (χ1) is 5.66. The molecule has 0 aliphatic heterocycles.